The zero-order valence-corrected chi connectivity index (χ0v) is 13.1. The normalized spacial score (nSPS) is 11.4. The number of benzene rings is 1. The van der Waals surface area contributed by atoms with Crippen molar-refractivity contribution in [3.63, 3.8) is 0 Å². The summed E-state index contributed by atoms with van der Waals surface area (Å²) in [6, 6.07) is 3.82. The van der Waals surface area contributed by atoms with Gasteiger partial charge in [0.1, 0.15) is 11.6 Å². The second-order valence-corrected chi connectivity index (χ2v) is 5.30. The highest BCUT2D eigenvalue weighted by atomic mass is 79.9. The van der Waals surface area contributed by atoms with Gasteiger partial charge in [0, 0.05) is 23.5 Å². The van der Waals surface area contributed by atoms with E-state index in [0.29, 0.717) is 6.42 Å². The molecule has 5 nitrogen and oxygen atoms in total. The summed E-state index contributed by atoms with van der Waals surface area (Å²) >= 11 is 6.88. The molecule has 0 atom stereocenters. The molecule has 0 aromatic heterocycles. The molecule has 0 radical (unpaired) electrons. The summed E-state index contributed by atoms with van der Waals surface area (Å²) in [6.07, 6.45) is 1.33. The van der Waals surface area contributed by atoms with Gasteiger partial charge in [0.2, 0.25) is 0 Å². The molecule has 0 saturated heterocycles. The Kier molecular flexibility index (Phi) is 6.28. The van der Waals surface area contributed by atoms with E-state index in [9.17, 15) is 0 Å². The summed E-state index contributed by atoms with van der Waals surface area (Å²) in [6.45, 7) is 0.722. The van der Waals surface area contributed by atoms with Gasteiger partial charge in [0.25, 0.3) is 0 Å². The van der Waals surface area contributed by atoms with Crippen molar-refractivity contribution >= 4 is 43.4 Å². The number of nitrogens with two attached hydrogens (primary N) is 1. The number of methoxy groups -OCH3 is 1. The van der Waals surface area contributed by atoms with Crippen molar-refractivity contribution in [2.24, 2.45) is 10.9 Å². The number of hydrogen-bond donors (Lipinski definition) is 3. The molecule has 7 heteroatoms. The Hall–Kier alpha value is -0.950. The van der Waals surface area contributed by atoms with E-state index in [0.717, 1.165) is 33.3 Å². The largest absolute Gasteiger partial charge is 0.495 e. The maximum Gasteiger partial charge on any atom is 0.139 e. The highest BCUT2D eigenvalue weighted by molar-refractivity contribution is 9.11. The van der Waals surface area contributed by atoms with Crippen LogP contribution in [0, 0.1) is 0 Å². The van der Waals surface area contributed by atoms with E-state index in [1.165, 1.54) is 0 Å². The minimum atomic E-state index is 0.240. The molecule has 0 aliphatic carbocycles. The molecule has 0 fully saturated rings. The Morgan fingerprint density at radius 3 is 2.78 bits per heavy atom. The van der Waals surface area contributed by atoms with E-state index in [-0.39, 0.29) is 5.84 Å². The molecule has 1 aromatic carbocycles. The molecular formula is C11H15Br2N3O2. The lowest BCUT2D eigenvalue weighted by atomic mass is 10.2. The number of halogens is 2. The maximum absolute atomic E-state index is 8.41. The number of rotatable bonds is 6. The van der Waals surface area contributed by atoms with Crippen LogP contribution < -0.4 is 15.8 Å². The molecule has 0 amide bonds. The average molecular weight is 381 g/mol. The summed E-state index contributed by atoms with van der Waals surface area (Å²) in [5.41, 5.74) is 6.32. The number of hydrogen-bond acceptors (Lipinski definition) is 4. The predicted molar refractivity (Wildman–Crippen MR) is 79.5 cm³/mol. The molecule has 0 saturated carbocycles. The molecule has 0 aliphatic rings. The Morgan fingerprint density at radius 2 is 2.17 bits per heavy atom. The number of nitrogens with zero attached hydrogens (tertiary/aromatic N) is 1. The average Bonchev–Trinajstić information content (AvgIpc) is 2.36. The number of oxime groups is 1. The first-order valence-electron chi connectivity index (χ1n) is 5.31. The molecule has 0 bridgehead atoms. The molecule has 0 heterocycles. The van der Waals surface area contributed by atoms with Crippen LogP contribution >= 0.6 is 31.9 Å². The molecule has 0 spiro atoms. The lowest BCUT2D eigenvalue weighted by Crippen LogP contribution is -2.13. The van der Waals surface area contributed by atoms with Gasteiger partial charge in [0.15, 0.2) is 0 Å². The summed E-state index contributed by atoms with van der Waals surface area (Å²) < 4.78 is 7.05. The molecule has 4 N–H and O–H groups in total. The second-order valence-electron chi connectivity index (χ2n) is 3.59. The highest BCUT2D eigenvalue weighted by Gasteiger charge is 2.06. The fraction of sp³-hybridized carbons (Fsp3) is 0.364. The second kappa shape index (κ2) is 7.48. The van der Waals surface area contributed by atoms with Crippen LogP contribution in [0.15, 0.2) is 26.2 Å². The van der Waals surface area contributed by atoms with Crippen LogP contribution in [0.2, 0.25) is 0 Å². The third kappa shape index (κ3) is 4.38. The lowest BCUT2D eigenvalue weighted by Gasteiger charge is -2.11. The van der Waals surface area contributed by atoms with Crippen LogP contribution in [0.4, 0.5) is 5.69 Å². The lowest BCUT2D eigenvalue weighted by molar-refractivity contribution is 0.316. The van der Waals surface area contributed by atoms with Crippen molar-refractivity contribution in [3.05, 3.63) is 21.1 Å². The number of anilines is 1. The topological polar surface area (TPSA) is 79.9 Å². The summed E-state index contributed by atoms with van der Waals surface area (Å²) in [7, 11) is 1.62. The van der Waals surface area contributed by atoms with E-state index in [2.05, 4.69) is 42.3 Å². The van der Waals surface area contributed by atoms with Crippen molar-refractivity contribution in [1.82, 2.24) is 0 Å². The van der Waals surface area contributed by atoms with Gasteiger partial charge in [-0.15, -0.1) is 0 Å². The van der Waals surface area contributed by atoms with Crippen LogP contribution in [-0.4, -0.2) is 24.7 Å². The predicted octanol–water partition coefficient (Wildman–Crippen LogP) is 3.16. The van der Waals surface area contributed by atoms with E-state index in [1.54, 1.807) is 7.11 Å². The first-order chi connectivity index (χ1) is 8.58. The minimum Gasteiger partial charge on any atom is -0.495 e. The Morgan fingerprint density at radius 1 is 1.44 bits per heavy atom. The zero-order valence-electron chi connectivity index (χ0n) is 9.91. The van der Waals surface area contributed by atoms with Gasteiger partial charge in [-0.3, -0.25) is 0 Å². The molecule has 100 valence electrons. The first kappa shape index (κ1) is 15.1. The summed E-state index contributed by atoms with van der Waals surface area (Å²) in [5.74, 6) is 1.00. The first-order valence-corrected chi connectivity index (χ1v) is 6.90. The summed E-state index contributed by atoms with van der Waals surface area (Å²) in [5, 5.41) is 14.6. The fourth-order valence-electron chi connectivity index (χ4n) is 1.36. The van der Waals surface area contributed by atoms with Crippen molar-refractivity contribution in [2.45, 2.75) is 12.8 Å². The molecule has 1 aromatic rings. The van der Waals surface area contributed by atoms with Gasteiger partial charge in [-0.25, -0.2) is 0 Å². The summed E-state index contributed by atoms with van der Waals surface area (Å²) in [4.78, 5) is 0. The molecule has 1 rings (SSSR count). The molecule has 0 unspecified atom stereocenters. The van der Waals surface area contributed by atoms with Crippen LogP contribution in [0.25, 0.3) is 0 Å². The van der Waals surface area contributed by atoms with Gasteiger partial charge in [-0.2, -0.15) is 0 Å². The Bertz CT molecular complexity index is 439. The van der Waals surface area contributed by atoms with Crippen LogP contribution in [0.1, 0.15) is 12.8 Å². The number of amidine groups is 1. The van der Waals surface area contributed by atoms with Gasteiger partial charge < -0.3 is 21.0 Å². The van der Waals surface area contributed by atoms with E-state index < -0.39 is 0 Å². The third-order valence-corrected chi connectivity index (χ3v) is 3.57. The highest BCUT2D eigenvalue weighted by Crippen LogP contribution is 2.34. The van der Waals surface area contributed by atoms with Crippen molar-refractivity contribution in [2.75, 3.05) is 19.0 Å². The number of nitrogens with one attached hydrogen (secondary N) is 1. The molecular weight excluding hydrogens is 366 g/mol. The molecule has 0 aliphatic heterocycles. The van der Waals surface area contributed by atoms with Crippen molar-refractivity contribution < 1.29 is 9.94 Å². The third-order valence-electron chi connectivity index (χ3n) is 2.30. The van der Waals surface area contributed by atoms with Gasteiger partial charge in [0.05, 0.1) is 17.3 Å². The Balaban J connectivity index is 2.57. The quantitative estimate of drug-likeness (QED) is 0.233. The van der Waals surface area contributed by atoms with E-state index >= 15 is 0 Å². The van der Waals surface area contributed by atoms with Crippen molar-refractivity contribution in [1.29, 1.82) is 0 Å². The smallest absolute Gasteiger partial charge is 0.139 e. The van der Waals surface area contributed by atoms with Crippen molar-refractivity contribution in [3.8, 4) is 5.75 Å². The monoisotopic (exact) mass is 379 g/mol. The van der Waals surface area contributed by atoms with Crippen LogP contribution in [0.3, 0.4) is 0 Å². The fourth-order valence-corrected chi connectivity index (χ4v) is 2.66. The van der Waals surface area contributed by atoms with Crippen LogP contribution in [-0.2, 0) is 0 Å². The minimum absolute atomic E-state index is 0.240. The standard InChI is InChI=1S/C11H15Br2N3O2/c1-18-10-6-9(7(12)5-8(10)13)15-4-2-3-11(14)16-17/h5-6,15,17H,2-4H2,1H3,(H2,14,16). The Labute approximate surface area is 123 Å². The zero-order chi connectivity index (χ0) is 13.5. The van der Waals surface area contributed by atoms with E-state index in [1.807, 2.05) is 12.1 Å². The van der Waals surface area contributed by atoms with Gasteiger partial charge in [-0.1, -0.05) is 5.16 Å². The van der Waals surface area contributed by atoms with E-state index in [4.69, 9.17) is 15.7 Å². The number of ether oxygens (including phenoxy) is 1. The maximum atomic E-state index is 8.41. The molecule has 18 heavy (non-hydrogen) atoms. The van der Waals surface area contributed by atoms with Gasteiger partial charge >= 0.3 is 0 Å². The van der Waals surface area contributed by atoms with Gasteiger partial charge in [-0.05, 0) is 44.3 Å². The van der Waals surface area contributed by atoms with Crippen LogP contribution in [0.5, 0.6) is 5.75 Å². The SMILES string of the molecule is COc1cc(NCCC/C(N)=N/O)c(Br)cc1Br.